The van der Waals surface area contributed by atoms with Crippen molar-refractivity contribution in [3.63, 3.8) is 0 Å². The number of benzene rings is 3. The SMILES string of the molecule is O=C1C2C3c4ccccc4C(c4ccccc43)C2C(=O)N1c1ccc([N+](=O)[O-])cc1O. The van der Waals surface area contributed by atoms with E-state index in [0.29, 0.717) is 0 Å². The van der Waals surface area contributed by atoms with Gasteiger partial charge < -0.3 is 5.11 Å². The lowest BCUT2D eigenvalue weighted by atomic mass is 9.55. The molecule has 2 unspecified atom stereocenters. The molecule has 1 N–H and O–H groups in total. The largest absolute Gasteiger partial charge is 0.505 e. The fourth-order valence-electron chi connectivity index (χ4n) is 5.73. The van der Waals surface area contributed by atoms with Crippen molar-refractivity contribution < 1.29 is 19.6 Å². The van der Waals surface area contributed by atoms with Gasteiger partial charge in [0.05, 0.1) is 28.5 Å². The van der Waals surface area contributed by atoms with Gasteiger partial charge in [0.15, 0.2) is 0 Å². The number of anilines is 1. The van der Waals surface area contributed by atoms with E-state index in [4.69, 9.17) is 0 Å². The molecule has 1 fully saturated rings. The number of rotatable bonds is 2. The zero-order valence-corrected chi connectivity index (χ0v) is 16.1. The van der Waals surface area contributed by atoms with E-state index in [-0.39, 0.29) is 35.0 Å². The quantitative estimate of drug-likeness (QED) is 0.393. The molecule has 0 spiro atoms. The van der Waals surface area contributed by atoms with Gasteiger partial charge in [-0.1, -0.05) is 48.5 Å². The Bertz CT molecular complexity index is 1200. The Morgan fingerprint density at radius 3 is 1.61 bits per heavy atom. The summed E-state index contributed by atoms with van der Waals surface area (Å²) in [6.07, 6.45) is 0. The van der Waals surface area contributed by atoms with Gasteiger partial charge in [0.25, 0.3) is 5.69 Å². The number of amides is 2. The number of non-ortho nitro benzene ring substituents is 1. The van der Waals surface area contributed by atoms with Crippen LogP contribution >= 0.6 is 0 Å². The second-order valence-electron chi connectivity index (χ2n) is 8.21. The van der Waals surface area contributed by atoms with Crippen LogP contribution in [0.1, 0.15) is 34.1 Å². The number of nitrogens with zero attached hydrogens (tertiary/aromatic N) is 2. The van der Waals surface area contributed by atoms with Gasteiger partial charge in [0.2, 0.25) is 11.8 Å². The highest BCUT2D eigenvalue weighted by Gasteiger charge is 2.62. The molecule has 31 heavy (non-hydrogen) atoms. The van der Waals surface area contributed by atoms with E-state index in [0.717, 1.165) is 33.2 Å². The molecule has 0 saturated carbocycles. The molecule has 2 bridgehead atoms. The van der Waals surface area contributed by atoms with Gasteiger partial charge in [0, 0.05) is 17.9 Å². The summed E-state index contributed by atoms with van der Waals surface area (Å²) in [5.74, 6) is -2.85. The van der Waals surface area contributed by atoms with Crippen LogP contribution in [0.3, 0.4) is 0 Å². The number of hydrogen-bond donors (Lipinski definition) is 1. The van der Waals surface area contributed by atoms with Gasteiger partial charge in [0.1, 0.15) is 5.75 Å². The number of imide groups is 1. The van der Waals surface area contributed by atoms with Crippen LogP contribution in [-0.2, 0) is 9.59 Å². The Labute approximate surface area is 176 Å². The van der Waals surface area contributed by atoms with Crippen molar-refractivity contribution in [1.29, 1.82) is 0 Å². The first kappa shape index (κ1) is 17.8. The minimum atomic E-state index is -0.635. The normalized spacial score (nSPS) is 25.2. The summed E-state index contributed by atoms with van der Waals surface area (Å²) in [6.45, 7) is 0. The Kier molecular flexibility index (Phi) is 3.46. The van der Waals surface area contributed by atoms with Crippen LogP contribution in [0.2, 0.25) is 0 Å². The molecule has 7 nitrogen and oxygen atoms in total. The summed E-state index contributed by atoms with van der Waals surface area (Å²) in [5, 5.41) is 21.4. The van der Waals surface area contributed by atoms with Gasteiger partial charge in [-0.25, -0.2) is 4.90 Å². The van der Waals surface area contributed by atoms with Gasteiger partial charge >= 0.3 is 0 Å². The van der Waals surface area contributed by atoms with Crippen molar-refractivity contribution >= 4 is 23.2 Å². The molecule has 3 aromatic carbocycles. The van der Waals surface area contributed by atoms with Crippen LogP contribution in [0.15, 0.2) is 66.7 Å². The maximum atomic E-state index is 13.6. The van der Waals surface area contributed by atoms with E-state index in [9.17, 15) is 24.8 Å². The van der Waals surface area contributed by atoms with Crippen molar-refractivity contribution in [2.45, 2.75) is 11.8 Å². The smallest absolute Gasteiger partial charge is 0.273 e. The lowest BCUT2D eigenvalue weighted by Crippen LogP contribution is -2.41. The number of aromatic hydroxyl groups is 1. The van der Waals surface area contributed by atoms with Gasteiger partial charge in [-0.2, -0.15) is 0 Å². The Morgan fingerprint density at radius 1 is 0.774 bits per heavy atom. The van der Waals surface area contributed by atoms with Crippen LogP contribution < -0.4 is 4.90 Å². The third-order valence-corrected chi connectivity index (χ3v) is 6.86. The first-order chi connectivity index (χ1) is 15.0. The molecular formula is C24H16N2O5. The van der Waals surface area contributed by atoms with Crippen molar-refractivity contribution in [3.05, 3.63) is 99.1 Å². The zero-order chi connectivity index (χ0) is 21.4. The summed E-state index contributed by atoms with van der Waals surface area (Å²) in [7, 11) is 0. The fraction of sp³-hybridized carbons (Fsp3) is 0.167. The molecule has 1 aliphatic heterocycles. The number of carbonyl (C=O) groups is 2. The van der Waals surface area contributed by atoms with E-state index < -0.39 is 22.5 Å². The number of carbonyl (C=O) groups excluding carboxylic acids is 2. The molecule has 152 valence electrons. The van der Waals surface area contributed by atoms with Crippen LogP contribution in [0.4, 0.5) is 11.4 Å². The maximum Gasteiger partial charge on any atom is 0.273 e. The summed E-state index contributed by atoms with van der Waals surface area (Å²) in [5.41, 5.74) is 3.92. The van der Waals surface area contributed by atoms with Gasteiger partial charge in [-0.05, 0) is 28.3 Å². The third kappa shape index (κ3) is 2.17. The molecule has 2 amide bonds. The molecule has 2 atom stereocenters. The lowest BCUT2D eigenvalue weighted by Gasteiger charge is -2.45. The molecule has 4 aliphatic rings. The molecule has 0 aromatic heterocycles. The average molecular weight is 412 g/mol. The Hall–Kier alpha value is -4.00. The molecule has 1 saturated heterocycles. The second-order valence-corrected chi connectivity index (χ2v) is 8.21. The lowest BCUT2D eigenvalue weighted by molar-refractivity contribution is -0.384. The number of nitro benzene ring substituents is 1. The van der Waals surface area contributed by atoms with E-state index in [1.54, 1.807) is 0 Å². The average Bonchev–Trinajstić information content (AvgIpc) is 3.04. The number of phenolic OH excluding ortho intramolecular Hbond substituents is 1. The van der Waals surface area contributed by atoms with Crippen LogP contribution in [0.5, 0.6) is 5.75 Å². The minimum Gasteiger partial charge on any atom is -0.505 e. The first-order valence-corrected chi connectivity index (χ1v) is 10.0. The molecule has 7 rings (SSSR count). The van der Waals surface area contributed by atoms with Gasteiger partial charge in [-0.15, -0.1) is 0 Å². The highest BCUT2D eigenvalue weighted by Crippen LogP contribution is 2.61. The highest BCUT2D eigenvalue weighted by atomic mass is 16.6. The minimum absolute atomic E-state index is 0.0116. The molecule has 1 heterocycles. The summed E-state index contributed by atoms with van der Waals surface area (Å²) in [6, 6.07) is 19.3. The van der Waals surface area contributed by atoms with E-state index in [1.165, 1.54) is 12.1 Å². The predicted molar refractivity (Wildman–Crippen MR) is 111 cm³/mol. The second kappa shape index (κ2) is 6.01. The van der Waals surface area contributed by atoms with E-state index in [2.05, 4.69) is 0 Å². The predicted octanol–water partition coefficient (Wildman–Crippen LogP) is 3.70. The van der Waals surface area contributed by atoms with Crippen LogP contribution in [0.25, 0.3) is 0 Å². The Morgan fingerprint density at radius 2 is 1.23 bits per heavy atom. The van der Waals surface area contributed by atoms with Crippen molar-refractivity contribution in [3.8, 4) is 5.75 Å². The van der Waals surface area contributed by atoms with Crippen LogP contribution in [0, 0.1) is 22.0 Å². The first-order valence-electron chi connectivity index (χ1n) is 10.0. The van der Waals surface area contributed by atoms with E-state index in [1.807, 2.05) is 48.5 Å². The number of phenols is 1. The highest BCUT2D eigenvalue weighted by molar-refractivity contribution is 6.24. The van der Waals surface area contributed by atoms with Crippen molar-refractivity contribution in [2.75, 3.05) is 4.90 Å². The zero-order valence-electron chi connectivity index (χ0n) is 16.1. The third-order valence-electron chi connectivity index (χ3n) is 6.86. The van der Waals surface area contributed by atoms with Gasteiger partial charge in [-0.3, -0.25) is 19.7 Å². The monoisotopic (exact) mass is 412 g/mol. The molecule has 3 aliphatic carbocycles. The van der Waals surface area contributed by atoms with Crippen molar-refractivity contribution in [2.24, 2.45) is 11.8 Å². The summed E-state index contributed by atoms with van der Waals surface area (Å²) in [4.78, 5) is 38.6. The maximum absolute atomic E-state index is 13.6. The molecular weight excluding hydrogens is 396 g/mol. The van der Waals surface area contributed by atoms with E-state index >= 15 is 0 Å². The fourth-order valence-corrected chi connectivity index (χ4v) is 5.73. The number of nitro groups is 1. The Balaban J connectivity index is 1.53. The topological polar surface area (TPSA) is 101 Å². The standard InChI is InChI=1S/C24H16N2O5/c27-18-11-12(26(30)31)9-10-17(18)25-23(28)21-19-13-5-1-2-6-14(13)20(22(21)24(25)29)16-8-4-3-7-15(16)19/h1-11,19-22,27H. The number of hydrogen-bond acceptors (Lipinski definition) is 5. The van der Waals surface area contributed by atoms with Crippen LogP contribution in [-0.4, -0.2) is 21.8 Å². The molecule has 0 radical (unpaired) electrons. The molecule has 3 aromatic rings. The van der Waals surface area contributed by atoms with Crippen molar-refractivity contribution in [1.82, 2.24) is 0 Å². The summed E-state index contributed by atoms with van der Waals surface area (Å²) < 4.78 is 0. The molecule has 7 heteroatoms. The summed E-state index contributed by atoms with van der Waals surface area (Å²) >= 11 is 0.